The number of ether oxygens (including phenoxy) is 1. The number of aliphatic carboxylic acids is 1. The Kier molecular flexibility index (Phi) is 8.66. The van der Waals surface area contributed by atoms with E-state index < -0.39 is 5.97 Å². The summed E-state index contributed by atoms with van der Waals surface area (Å²) in [5.41, 5.74) is 1.72. The lowest BCUT2D eigenvalue weighted by atomic mass is 10.1. The third kappa shape index (κ3) is 7.15. The van der Waals surface area contributed by atoms with Gasteiger partial charge in [0, 0.05) is 48.8 Å². The maximum absolute atomic E-state index is 13.2. The number of rotatable bonds is 9. The first-order valence-corrected chi connectivity index (χ1v) is 11.2. The van der Waals surface area contributed by atoms with Crippen LogP contribution in [0.4, 0.5) is 4.39 Å². The number of piperazine rings is 1. The molecule has 0 aromatic heterocycles. The molecule has 0 bridgehead atoms. The quantitative estimate of drug-likeness (QED) is 0.577. The number of halogens is 2. The minimum atomic E-state index is -0.962. The Bertz CT molecular complexity index is 973. The first kappa shape index (κ1) is 25.0. The van der Waals surface area contributed by atoms with E-state index in [2.05, 4.69) is 17.1 Å². The molecule has 1 amide bonds. The summed E-state index contributed by atoms with van der Waals surface area (Å²) in [7, 11) is 0. The molecule has 1 aliphatic rings. The van der Waals surface area contributed by atoms with Crippen molar-refractivity contribution >= 4 is 23.5 Å². The summed E-state index contributed by atoms with van der Waals surface area (Å²) in [6, 6.07) is 11.7. The third-order valence-electron chi connectivity index (χ3n) is 5.70. The minimum absolute atomic E-state index is 0.000306. The fourth-order valence-electron chi connectivity index (χ4n) is 3.94. The molecule has 0 unspecified atom stereocenters. The van der Waals surface area contributed by atoms with Gasteiger partial charge < -0.3 is 20.1 Å². The number of carbonyl (C=O) groups excluding carboxylic acids is 1. The highest BCUT2D eigenvalue weighted by Gasteiger charge is 2.32. The Morgan fingerprint density at radius 3 is 2.58 bits per heavy atom. The number of nitrogens with one attached hydrogen (secondary N) is 1. The standard InChI is InChI=1S/C24H29ClFN3O4/c1-16-13-29(17(2)12-28(16)14-18-3-6-21(26)7-4-18)23(30)15-33-22-8-5-20(25)9-19(22)10-27-11-24(31)32/h3-9,16-17,27H,10-15H2,1-2H3,(H,31,32)/t16-,17+/m0/s1. The van der Waals surface area contributed by atoms with Gasteiger partial charge in [-0.3, -0.25) is 14.5 Å². The smallest absolute Gasteiger partial charge is 0.317 e. The number of nitrogens with zero attached hydrogens (tertiary/aromatic N) is 2. The van der Waals surface area contributed by atoms with Crippen LogP contribution in [0.1, 0.15) is 25.0 Å². The zero-order chi connectivity index (χ0) is 24.0. The number of hydrogen-bond acceptors (Lipinski definition) is 5. The summed E-state index contributed by atoms with van der Waals surface area (Å²) in [6.07, 6.45) is 0. The molecule has 0 radical (unpaired) electrons. The van der Waals surface area contributed by atoms with Gasteiger partial charge in [0.15, 0.2) is 6.61 Å². The zero-order valence-electron chi connectivity index (χ0n) is 18.8. The highest BCUT2D eigenvalue weighted by atomic mass is 35.5. The van der Waals surface area contributed by atoms with Crippen molar-refractivity contribution in [1.82, 2.24) is 15.1 Å². The highest BCUT2D eigenvalue weighted by molar-refractivity contribution is 6.30. The van der Waals surface area contributed by atoms with Crippen LogP contribution in [0, 0.1) is 5.82 Å². The molecule has 2 aromatic carbocycles. The monoisotopic (exact) mass is 477 g/mol. The van der Waals surface area contributed by atoms with Crippen LogP contribution in [0.5, 0.6) is 5.75 Å². The van der Waals surface area contributed by atoms with Crippen molar-refractivity contribution < 1.29 is 23.8 Å². The molecule has 2 N–H and O–H groups in total. The van der Waals surface area contributed by atoms with Crippen molar-refractivity contribution in [2.45, 2.75) is 39.0 Å². The molecular weight excluding hydrogens is 449 g/mol. The zero-order valence-corrected chi connectivity index (χ0v) is 19.5. The average molecular weight is 478 g/mol. The maximum atomic E-state index is 13.2. The molecule has 178 valence electrons. The number of benzene rings is 2. The van der Waals surface area contributed by atoms with E-state index in [1.807, 2.05) is 11.8 Å². The van der Waals surface area contributed by atoms with E-state index in [9.17, 15) is 14.0 Å². The Balaban J connectivity index is 1.56. The lowest BCUT2D eigenvalue weighted by Gasteiger charge is -2.44. The Hall–Kier alpha value is -2.68. The molecule has 1 aliphatic heterocycles. The van der Waals surface area contributed by atoms with Crippen molar-refractivity contribution in [3.8, 4) is 5.75 Å². The summed E-state index contributed by atoms with van der Waals surface area (Å²) in [5.74, 6) is -0.843. The highest BCUT2D eigenvalue weighted by Crippen LogP contribution is 2.24. The Labute approximate surface area is 198 Å². The normalized spacial score (nSPS) is 18.8. The van der Waals surface area contributed by atoms with Gasteiger partial charge in [0.25, 0.3) is 5.91 Å². The number of hydrogen-bond donors (Lipinski definition) is 2. The number of carbonyl (C=O) groups is 2. The maximum Gasteiger partial charge on any atom is 0.317 e. The van der Waals surface area contributed by atoms with Gasteiger partial charge in [-0.15, -0.1) is 0 Å². The Morgan fingerprint density at radius 2 is 1.88 bits per heavy atom. The third-order valence-corrected chi connectivity index (χ3v) is 5.93. The average Bonchev–Trinajstić information content (AvgIpc) is 2.76. The fraction of sp³-hybridized carbons (Fsp3) is 0.417. The molecule has 1 heterocycles. The van der Waals surface area contributed by atoms with Crippen molar-refractivity contribution in [2.75, 3.05) is 26.2 Å². The van der Waals surface area contributed by atoms with Crippen LogP contribution in [-0.4, -0.2) is 65.1 Å². The minimum Gasteiger partial charge on any atom is -0.483 e. The van der Waals surface area contributed by atoms with Crippen LogP contribution in [0.2, 0.25) is 5.02 Å². The van der Waals surface area contributed by atoms with Crippen LogP contribution in [0.3, 0.4) is 0 Å². The molecule has 7 nitrogen and oxygen atoms in total. The van der Waals surface area contributed by atoms with Crippen molar-refractivity contribution in [1.29, 1.82) is 0 Å². The van der Waals surface area contributed by atoms with Gasteiger partial charge >= 0.3 is 5.97 Å². The molecular formula is C24H29ClFN3O4. The first-order chi connectivity index (χ1) is 15.7. The summed E-state index contributed by atoms with van der Waals surface area (Å²) < 4.78 is 19.0. The molecule has 9 heteroatoms. The summed E-state index contributed by atoms with van der Waals surface area (Å²) in [4.78, 5) is 27.8. The molecule has 0 saturated carbocycles. The summed E-state index contributed by atoms with van der Waals surface area (Å²) >= 11 is 6.06. The molecule has 33 heavy (non-hydrogen) atoms. The van der Waals surface area contributed by atoms with E-state index in [0.29, 0.717) is 36.0 Å². The van der Waals surface area contributed by atoms with Gasteiger partial charge in [0.05, 0.1) is 6.54 Å². The van der Waals surface area contributed by atoms with Crippen molar-refractivity contribution in [3.63, 3.8) is 0 Å². The predicted octanol–water partition coefficient (Wildman–Crippen LogP) is 3.15. The van der Waals surface area contributed by atoms with Crippen LogP contribution in [0.15, 0.2) is 42.5 Å². The first-order valence-electron chi connectivity index (χ1n) is 10.8. The van der Waals surface area contributed by atoms with Gasteiger partial charge in [-0.1, -0.05) is 23.7 Å². The topological polar surface area (TPSA) is 82.1 Å². The van der Waals surface area contributed by atoms with Gasteiger partial charge in [0.2, 0.25) is 0 Å². The van der Waals surface area contributed by atoms with Crippen molar-refractivity contribution in [3.05, 3.63) is 64.4 Å². The second-order valence-corrected chi connectivity index (χ2v) is 8.77. The summed E-state index contributed by atoms with van der Waals surface area (Å²) in [6.45, 7) is 5.99. The molecule has 3 rings (SSSR count). The van der Waals surface area contributed by atoms with Crippen LogP contribution < -0.4 is 10.1 Å². The fourth-order valence-corrected chi connectivity index (χ4v) is 4.14. The summed E-state index contributed by atoms with van der Waals surface area (Å²) in [5, 5.41) is 12.1. The van der Waals surface area contributed by atoms with E-state index >= 15 is 0 Å². The molecule has 2 atom stereocenters. The van der Waals surface area contributed by atoms with Crippen LogP contribution in [0.25, 0.3) is 0 Å². The second-order valence-electron chi connectivity index (χ2n) is 8.34. The van der Waals surface area contributed by atoms with E-state index in [-0.39, 0.29) is 43.5 Å². The van der Waals surface area contributed by atoms with E-state index in [4.69, 9.17) is 21.4 Å². The lowest BCUT2D eigenvalue weighted by Crippen LogP contribution is -2.58. The number of carboxylic acids is 1. The van der Waals surface area contributed by atoms with Gasteiger partial charge in [0.1, 0.15) is 11.6 Å². The predicted molar refractivity (Wildman–Crippen MR) is 124 cm³/mol. The number of carboxylic acid groups (broad SMARTS) is 1. The van der Waals surface area contributed by atoms with E-state index in [0.717, 1.165) is 5.56 Å². The molecule has 1 fully saturated rings. The van der Waals surface area contributed by atoms with Crippen LogP contribution in [-0.2, 0) is 22.7 Å². The molecule has 1 saturated heterocycles. The van der Waals surface area contributed by atoms with E-state index in [1.54, 1.807) is 30.3 Å². The SMILES string of the molecule is C[C@@H]1CN(Cc2ccc(F)cc2)[C@@H](C)CN1C(=O)COc1ccc(Cl)cc1CNCC(=O)O. The largest absolute Gasteiger partial charge is 0.483 e. The van der Waals surface area contributed by atoms with Crippen LogP contribution >= 0.6 is 11.6 Å². The molecule has 2 aromatic rings. The van der Waals surface area contributed by atoms with E-state index in [1.165, 1.54) is 12.1 Å². The van der Waals surface area contributed by atoms with Gasteiger partial charge in [-0.05, 0) is 49.7 Å². The lowest BCUT2D eigenvalue weighted by molar-refractivity contribution is -0.139. The molecule has 0 aliphatic carbocycles. The molecule has 0 spiro atoms. The Morgan fingerprint density at radius 1 is 1.15 bits per heavy atom. The van der Waals surface area contributed by atoms with Gasteiger partial charge in [-0.2, -0.15) is 0 Å². The van der Waals surface area contributed by atoms with Gasteiger partial charge in [-0.25, -0.2) is 4.39 Å². The van der Waals surface area contributed by atoms with Crippen molar-refractivity contribution in [2.24, 2.45) is 0 Å². The second kappa shape index (κ2) is 11.4. The number of amides is 1.